The van der Waals surface area contributed by atoms with Crippen molar-refractivity contribution < 1.29 is 13.2 Å². The van der Waals surface area contributed by atoms with E-state index in [1.165, 1.54) is 0 Å². The molecule has 0 saturated carbocycles. The minimum absolute atomic E-state index is 0.0136. The van der Waals surface area contributed by atoms with E-state index in [0.717, 1.165) is 32.1 Å². The lowest BCUT2D eigenvalue weighted by Gasteiger charge is -2.36. The van der Waals surface area contributed by atoms with Gasteiger partial charge in [-0.2, -0.15) is 0 Å². The number of sulfonamides is 1. The number of amides is 1. The Kier molecular flexibility index (Phi) is 5.59. The average molecular weight is 276 g/mol. The molecule has 1 rings (SSSR count). The van der Waals surface area contributed by atoms with Crippen LogP contribution < -0.4 is 4.72 Å². The smallest absolute Gasteiger partial charge is 0.223 e. The maximum atomic E-state index is 12.1. The van der Waals surface area contributed by atoms with E-state index < -0.39 is 10.0 Å². The van der Waals surface area contributed by atoms with Crippen LogP contribution in [-0.4, -0.2) is 44.6 Å². The van der Waals surface area contributed by atoms with Gasteiger partial charge in [0.2, 0.25) is 15.9 Å². The number of nitrogens with zero attached hydrogens (tertiary/aromatic N) is 1. The fourth-order valence-corrected chi connectivity index (χ4v) is 2.75. The third kappa shape index (κ3) is 5.35. The quantitative estimate of drug-likeness (QED) is 0.813. The van der Waals surface area contributed by atoms with Crippen LogP contribution in [0.5, 0.6) is 0 Å². The molecule has 0 aromatic heterocycles. The van der Waals surface area contributed by atoms with Gasteiger partial charge in [-0.05, 0) is 25.2 Å². The summed E-state index contributed by atoms with van der Waals surface area (Å²) >= 11 is 0. The first-order valence-electron chi connectivity index (χ1n) is 6.53. The Morgan fingerprint density at radius 3 is 2.61 bits per heavy atom. The zero-order valence-electron chi connectivity index (χ0n) is 11.5. The molecule has 0 bridgehead atoms. The minimum Gasteiger partial charge on any atom is -0.338 e. The molecule has 18 heavy (non-hydrogen) atoms. The Morgan fingerprint density at radius 1 is 1.39 bits per heavy atom. The summed E-state index contributed by atoms with van der Waals surface area (Å²) in [6, 6.07) is 0.0136. The number of carbonyl (C=O) groups excluding carboxylic acids is 1. The molecule has 0 spiro atoms. The third-order valence-corrected chi connectivity index (χ3v) is 3.80. The number of carbonyl (C=O) groups is 1. The van der Waals surface area contributed by atoms with Crippen molar-refractivity contribution in [1.82, 2.24) is 9.62 Å². The maximum Gasteiger partial charge on any atom is 0.223 e. The topological polar surface area (TPSA) is 66.5 Å². The molecular formula is C12H24N2O3S. The molecule has 1 aliphatic rings. The van der Waals surface area contributed by atoms with Gasteiger partial charge >= 0.3 is 0 Å². The van der Waals surface area contributed by atoms with Gasteiger partial charge in [0.05, 0.1) is 6.26 Å². The van der Waals surface area contributed by atoms with E-state index in [9.17, 15) is 13.2 Å². The molecule has 0 aliphatic carbocycles. The standard InChI is InChI=1S/C12H24N2O3S/c1-10(2)8-12(15)14-7-5-4-6-11(14)9-13-18(3,16)17/h10-11,13H,4-9H2,1-3H3/t11-/m0/s1. The van der Waals surface area contributed by atoms with E-state index in [0.29, 0.717) is 18.9 Å². The van der Waals surface area contributed by atoms with E-state index >= 15 is 0 Å². The van der Waals surface area contributed by atoms with Gasteiger partial charge in [-0.1, -0.05) is 13.8 Å². The summed E-state index contributed by atoms with van der Waals surface area (Å²) in [7, 11) is -3.18. The Bertz CT molecular complexity index is 379. The Balaban J connectivity index is 2.59. The summed E-state index contributed by atoms with van der Waals surface area (Å²) in [6.07, 6.45) is 4.64. The molecule has 5 nitrogen and oxygen atoms in total. The lowest BCUT2D eigenvalue weighted by atomic mass is 10.0. The van der Waals surface area contributed by atoms with Gasteiger partial charge in [0.15, 0.2) is 0 Å². The number of nitrogens with one attached hydrogen (secondary N) is 1. The lowest BCUT2D eigenvalue weighted by molar-refractivity contribution is -0.135. The van der Waals surface area contributed by atoms with Gasteiger partial charge in [-0.3, -0.25) is 4.79 Å². The Morgan fingerprint density at radius 2 is 2.06 bits per heavy atom. The molecule has 1 saturated heterocycles. The van der Waals surface area contributed by atoms with Gasteiger partial charge in [-0.25, -0.2) is 13.1 Å². The maximum absolute atomic E-state index is 12.1. The van der Waals surface area contributed by atoms with Crippen molar-refractivity contribution in [2.45, 2.75) is 45.6 Å². The second kappa shape index (κ2) is 6.52. The van der Waals surface area contributed by atoms with Crippen molar-refractivity contribution in [3.63, 3.8) is 0 Å². The molecule has 1 atom stereocenters. The molecule has 0 aromatic rings. The molecule has 0 aromatic carbocycles. The molecule has 6 heteroatoms. The average Bonchev–Trinajstić information content (AvgIpc) is 2.25. The van der Waals surface area contributed by atoms with Gasteiger partial charge in [-0.15, -0.1) is 0 Å². The van der Waals surface area contributed by atoms with Crippen molar-refractivity contribution in [1.29, 1.82) is 0 Å². The highest BCUT2D eigenvalue weighted by Crippen LogP contribution is 2.19. The first kappa shape index (κ1) is 15.4. The first-order valence-corrected chi connectivity index (χ1v) is 8.43. The van der Waals surface area contributed by atoms with Crippen LogP contribution in [0.3, 0.4) is 0 Å². The van der Waals surface area contributed by atoms with E-state index in [4.69, 9.17) is 0 Å². The monoisotopic (exact) mass is 276 g/mol. The van der Waals surface area contributed by atoms with Crippen LogP contribution >= 0.6 is 0 Å². The summed E-state index contributed by atoms with van der Waals surface area (Å²) in [4.78, 5) is 13.9. The molecule has 1 aliphatic heterocycles. The van der Waals surface area contributed by atoms with E-state index in [1.807, 2.05) is 18.7 Å². The zero-order chi connectivity index (χ0) is 13.8. The van der Waals surface area contributed by atoms with Gasteiger partial charge in [0.25, 0.3) is 0 Å². The van der Waals surface area contributed by atoms with Crippen molar-refractivity contribution in [3.8, 4) is 0 Å². The summed E-state index contributed by atoms with van der Waals surface area (Å²) in [5.74, 6) is 0.480. The largest absolute Gasteiger partial charge is 0.338 e. The fourth-order valence-electron chi connectivity index (χ4n) is 2.26. The number of rotatable bonds is 5. The predicted octanol–water partition coefficient (Wildman–Crippen LogP) is 0.963. The van der Waals surface area contributed by atoms with Crippen LogP contribution in [0.15, 0.2) is 0 Å². The van der Waals surface area contributed by atoms with Crippen LogP contribution in [-0.2, 0) is 14.8 Å². The van der Waals surface area contributed by atoms with Crippen LogP contribution in [0.25, 0.3) is 0 Å². The number of likely N-dealkylation sites (tertiary alicyclic amines) is 1. The molecule has 1 amide bonds. The SMILES string of the molecule is CC(C)CC(=O)N1CCCC[C@H]1CNS(C)(=O)=O. The summed E-state index contributed by atoms with van der Waals surface area (Å²) in [5, 5.41) is 0. The van der Waals surface area contributed by atoms with Crippen LogP contribution in [0, 0.1) is 5.92 Å². The number of hydrogen-bond acceptors (Lipinski definition) is 3. The summed E-state index contributed by atoms with van der Waals surface area (Å²) in [5.41, 5.74) is 0. The van der Waals surface area contributed by atoms with Crippen molar-refractivity contribution in [2.75, 3.05) is 19.3 Å². The molecular weight excluding hydrogens is 252 g/mol. The second-order valence-electron chi connectivity index (χ2n) is 5.46. The van der Waals surface area contributed by atoms with Crippen LogP contribution in [0.1, 0.15) is 39.5 Å². The first-order chi connectivity index (χ1) is 8.29. The molecule has 1 N–H and O–H groups in total. The molecule has 0 unspecified atom stereocenters. The van der Waals surface area contributed by atoms with Crippen LogP contribution in [0.2, 0.25) is 0 Å². The van der Waals surface area contributed by atoms with E-state index in [2.05, 4.69) is 4.72 Å². The van der Waals surface area contributed by atoms with Crippen LogP contribution in [0.4, 0.5) is 0 Å². The highest BCUT2D eigenvalue weighted by atomic mass is 32.2. The van der Waals surface area contributed by atoms with Crippen molar-refractivity contribution in [2.24, 2.45) is 5.92 Å². The summed E-state index contributed by atoms with van der Waals surface area (Å²) < 4.78 is 24.7. The number of hydrogen-bond donors (Lipinski definition) is 1. The third-order valence-electron chi connectivity index (χ3n) is 3.11. The highest BCUT2D eigenvalue weighted by molar-refractivity contribution is 7.88. The normalized spacial score (nSPS) is 21.3. The highest BCUT2D eigenvalue weighted by Gasteiger charge is 2.27. The fraction of sp³-hybridized carbons (Fsp3) is 0.917. The van der Waals surface area contributed by atoms with Crippen molar-refractivity contribution >= 4 is 15.9 Å². The van der Waals surface area contributed by atoms with E-state index in [1.54, 1.807) is 0 Å². The summed E-state index contributed by atoms with van der Waals surface area (Å²) in [6.45, 7) is 5.13. The van der Waals surface area contributed by atoms with Crippen molar-refractivity contribution in [3.05, 3.63) is 0 Å². The predicted molar refractivity (Wildman–Crippen MR) is 71.7 cm³/mol. The van der Waals surface area contributed by atoms with Gasteiger partial charge < -0.3 is 4.90 Å². The molecule has 0 radical (unpaired) electrons. The van der Waals surface area contributed by atoms with Gasteiger partial charge in [0, 0.05) is 25.6 Å². The molecule has 1 fully saturated rings. The second-order valence-corrected chi connectivity index (χ2v) is 7.29. The van der Waals surface area contributed by atoms with E-state index in [-0.39, 0.29) is 11.9 Å². The molecule has 1 heterocycles. The minimum atomic E-state index is -3.18. The number of piperidine rings is 1. The lowest BCUT2D eigenvalue weighted by Crippen LogP contribution is -2.49. The Labute approximate surface area is 110 Å². The zero-order valence-corrected chi connectivity index (χ0v) is 12.3. The Hall–Kier alpha value is -0.620. The van der Waals surface area contributed by atoms with Gasteiger partial charge in [0.1, 0.15) is 0 Å². The molecule has 106 valence electrons.